The number of thiazole rings is 1. The third kappa shape index (κ3) is 3.68. The molecule has 5 rings (SSSR count). The summed E-state index contributed by atoms with van der Waals surface area (Å²) in [6.07, 6.45) is 1.72. The van der Waals surface area contributed by atoms with Crippen LogP contribution in [-0.2, 0) is 19.0 Å². The van der Waals surface area contributed by atoms with E-state index in [0.29, 0.717) is 5.56 Å². The fourth-order valence-electron chi connectivity index (χ4n) is 3.73. The van der Waals surface area contributed by atoms with Crippen molar-refractivity contribution in [3.8, 4) is 10.6 Å². The number of para-hydroxylation sites is 1. The third-order valence-electron chi connectivity index (χ3n) is 5.23. The van der Waals surface area contributed by atoms with Gasteiger partial charge in [0.05, 0.1) is 21.3 Å². The van der Waals surface area contributed by atoms with Gasteiger partial charge >= 0.3 is 6.18 Å². The van der Waals surface area contributed by atoms with E-state index in [1.165, 1.54) is 29.0 Å². The van der Waals surface area contributed by atoms with E-state index in [1.807, 2.05) is 18.2 Å². The number of aliphatic imine (C=N–C) groups is 1. The van der Waals surface area contributed by atoms with Crippen molar-refractivity contribution in [2.24, 2.45) is 4.99 Å². The average Bonchev–Trinajstić information content (AvgIpc) is 3.32. The molecule has 0 unspecified atom stereocenters. The molecule has 0 bridgehead atoms. The van der Waals surface area contributed by atoms with Crippen molar-refractivity contribution in [2.75, 3.05) is 0 Å². The topological polar surface area (TPSA) is 25.2 Å². The average molecular weight is 443 g/mol. The Balaban J connectivity index is 1.55. The highest BCUT2D eigenvalue weighted by molar-refractivity contribution is 7.22. The normalized spacial score (nSPS) is 14.5. The number of halogens is 3. The van der Waals surface area contributed by atoms with Gasteiger partial charge in [-0.1, -0.05) is 24.3 Å². The van der Waals surface area contributed by atoms with Crippen LogP contribution in [0.1, 0.15) is 34.4 Å². The smallest absolute Gasteiger partial charge is 0.245 e. The molecule has 0 N–H and O–H groups in total. The molecule has 7 heteroatoms. The zero-order valence-corrected chi connectivity index (χ0v) is 17.5. The summed E-state index contributed by atoms with van der Waals surface area (Å²) in [6.45, 7) is 0. The van der Waals surface area contributed by atoms with E-state index in [0.717, 1.165) is 57.2 Å². The van der Waals surface area contributed by atoms with E-state index in [-0.39, 0.29) is 0 Å². The lowest BCUT2D eigenvalue weighted by Gasteiger charge is -2.11. The number of alkyl halides is 3. The summed E-state index contributed by atoms with van der Waals surface area (Å²) in [5.74, 6) is 0. The zero-order chi connectivity index (χ0) is 20.7. The maximum absolute atomic E-state index is 12.8. The Labute approximate surface area is 179 Å². The second-order valence-electron chi connectivity index (χ2n) is 7.26. The summed E-state index contributed by atoms with van der Waals surface area (Å²) >= 11 is 3.35. The van der Waals surface area contributed by atoms with Gasteiger partial charge in [-0.05, 0) is 61.1 Å². The lowest BCUT2D eigenvalue weighted by molar-refractivity contribution is -0.137. The first-order valence-electron chi connectivity index (χ1n) is 9.71. The van der Waals surface area contributed by atoms with E-state index in [4.69, 9.17) is 9.98 Å². The first-order chi connectivity index (χ1) is 14.5. The summed E-state index contributed by atoms with van der Waals surface area (Å²) in [5, 5.41) is 1.86. The number of aromatic nitrogens is 1. The van der Waals surface area contributed by atoms with E-state index in [1.54, 1.807) is 28.9 Å². The van der Waals surface area contributed by atoms with Crippen LogP contribution in [0, 0.1) is 0 Å². The molecular weight excluding hydrogens is 425 g/mol. The summed E-state index contributed by atoms with van der Waals surface area (Å²) in [7, 11) is 0. The predicted molar refractivity (Wildman–Crippen MR) is 118 cm³/mol. The van der Waals surface area contributed by atoms with E-state index < -0.39 is 11.7 Å². The lowest BCUT2D eigenvalue weighted by Crippen LogP contribution is -2.04. The molecule has 4 aromatic rings. The van der Waals surface area contributed by atoms with Crippen molar-refractivity contribution < 1.29 is 13.2 Å². The highest BCUT2D eigenvalue weighted by Crippen LogP contribution is 2.47. The molecule has 2 aromatic heterocycles. The number of aryl methyl sites for hydroxylation is 1. The van der Waals surface area contributed by atoms with E-state index >= 15 is 0 Å². The van der Waals surface area contributed by atoms with Gasteiger partial charge in [0.2, 0.25) is 0 Å². The van der Waals surface area contributed by atoms with Crippen molar-refractivity contribution in [3.05, 3.63) is 70.1 Å². The molecule has 0 atom stereocenters. The summed E-state index contributed by atoms with van der Waals surface area (Å²) in [4.78, 5) is 10.9. The molecule has 2 aromatic carbocycles. The Bertz CT molecular complexity index is 1200. The Morgan fingerprint density at radius 1 is 0.933 bits per heavy atom. The second kappa shape index (κ2) is 7.63. The van der Waals surface area contributed by atoms with Crippen LogP contribution in [0.3, 0.4) is 0 Å². The quantitative estimate of drug-likeness (QED) is 0.299. The SMILES string of the molecule is FC(F)(F)c1ccc(/C=N/c2sc3c(c2-c2nc4ccccc4s2)CCCC3)cc1. The van der Waals surface area contributed by atoms with Gasteiger partial charge in [-0.15, -0.1) is 22.7 Å². The van der Waals surface area contributed by atoms with E-state index in [9.17, 15) is 13.2 Å². The standard InChI is InChI=1S/C23H17F3N2S2/c24-23(25,26)15-11-9-14(10-12-15)13-27-21-20(16-5-1-3-7-18(16)29-21)22-28-17-6-2-4-8-19(17)30-22/h2,4,6,8-13H,1,3,5,7H2/b27-13+. The van der Waals surface area contributed by atoms with Gasteiger partial charge in [0.25, 0.3) is 0 Å². The van der Waals surface area contributed by atoms with Gasteiger partial charge in [0.1, 0.15) is 10.0 Å². The molecule has 0 fully saturated rings. The monoisotopic (exact) mass is 442 g/mol. The maximum atomic E-state index is 12.8. The minimum absolute atomic E-state index is 0.643. The van der Waals surface area contributed by atoms with Crippen LogP contribution in [0.2, 0.25) is 0 Å². The number of hydrogen-bond acceptors (Lipinski definition) is 4. The number of nitrogens with zero attached hydrogens (tertiary/aromatic N) is 2. The lowest BCUT2D eigenvalue weighted by atomic mass is 9.96. The van der Waals surface area contributed by atoms with Crippen LogP contribution in [0.25, 0.3) is 20.8 Å². The van der Waals surface area contributed by atoms with Gasteiger partial charge in [-0.25, -0.2) is 9.98 Å². The molecule has 0 saturated heterocycles. The Hall–Kier alpha value is -2.51. The predicted octanol–water partition coefficient (Wildman–Crippen LogP) is 7.67. The van der Waals surface area contributed by atoms with Crippen molar-refractivity contribution in [3.63, 3.8) is 0 Å². The van der Waals surface area contributed by atoms with Crippen LogP contribution < -0.4 is 0 Å². The summed E-state index contributed by atoms with van der Waals surface area (Å²) in [5.41, 5.74) is 3.40. The number of fused-ring (bicyclic) bond motifs is 2. The van der Waals surface area contributed by atoms with Gasteiger partial charge in [0.15, 0.2) is 0 Å². The first kappa shape index (κ1) is 19.5. The molecule has 152 valence electrons. The molecule has 2 heterocycles. The number of thiophene rings is 1. The number of hydrogen-bond donors (Lipinski definition) is 0. The van der Waals surface area contributed by atoms with Crippen molar-refractivity contribution in [1.82, 2.24) is 4.98 Å². The van der Waals surface area contributed by atoms with Crippen LogP contribution in [-0.4, -0.2) is 11.2 Å². The Morgan fingerprint density at radius 3 is 2.47 bits per heavy atom. The highest BCUT2D eigenvalue weighted by Gasteiger charge is 2.30. The molecule has 0 radical (unpaired) electrons. The van der Waals surface area contributed by atoms with Crippen LogP contribution in [0.5, 0.6) is 0 Å². The van der Waals surface area contributed by atoms with E-state index in [2.05, 4.69) is 6.07 Å². The Morgan fingerprint density at radius 2 is 1.70 bits per heavy atom. The molecule has 1 aliphatic carbocycles. The third-order valence-corrected chi connectivity index (χ3v) is 7.48. The molecule has 30 heavy (non-hydrogen) atoms. The minimum atomic E-state index is -4.33. The molecular formula is C23H17F3N2S2. The maximum Gasteiger partial charge on any atom is 0.416 e. The molecule has 2 nitrogen and oxygen atoms in total. The molecule has 0 amide bonds. The highest BCUT2D eigenvalue weighted by atomic mass is 32.1. The molecule has 1 aliphatic rings. The Kier molecular flexibility index (Phi) is 4.95. The van der Waals surface area contributed by atoms with Gasteiger partial charge in [-0.2, -0.15) is 13.2 Å². The molecule has 0 spiro atoms. The zero-order valence-electron chi connectivity index (χ0n) is 15.9. The second-order valence-corrected chi connectivity index (χ2v) is 9.37. The van der Waals surface area contributed by atoms with Crippen molar-refractivity contribution >= 4 is 44.1 Å². The number of benzene rings is 2. The fourth-order valence-corrected chi connectivity index (χ4v) is 6.07. The van der Waals surface area contributed by atoms with Gasteiger partial charge in [0, 0.05) is 11.1 Å². The van der Waals surface area contributed by atoms with Crippen molar-refractivity contribution in [1.29, 1.82) is 0 Å². The first-order valence-corrected chi connectivity index (χ1v) is 11.3. The van der Waals surface area contributed by atoms with Gasteiger partial charge < -0.3 is 0 Å². The van der Waals surface area contributed by atoms with Crippen LogP contribution in [0.4, 0.5) is 18.2 Å². The molecule has 0 aliphatic heterocycles. The van der Waals surface area contributed by atoms with Crippen molar-refractivity contribution in [2.45, 2.75) is 31.9 Å². The fraction of sp³-hybridized carbons (Fsp3) is 0.217. The largest absolute Gasteiger partial charge is 0.416 e. The number of rotatable bonds is 3. The summed E-state index contributed by atoms with van der Waals surface area (Å²) in [6, 6.07) is 13.2. The molecule has 0 saturated carbocycles. The van der Waals surface area contributed by atoms with Crippen LogP contribution in [0.15, 0.2) is 53.5 Å². The minimum Gasteiger partial charge on any atom is -0.245 e. The van der Waals surface area contributed by atoms with Gasteiger partial charge in [-0.3, -0.25) is 0 Å². The summed E-state index contributed by atoms with van der Waals surface area (Å²) < 4.78 is 39.5. The van der Waals surface area contributed by atoms with Crippen LogP contribution >= 0.6 is 22.7 Å².